The van der Waals surface area contributed by atoms with E-state index in [0.29, 0.717) is 19.3 Å². The molecule has 0 aromatic rings. The Labute approximate surface area is 482 Å². The number of hydrogen-bond acceptors (Lipinski definition) is 6. The first-order valence-corrected chi connectivity index (χ1v) is 32.5. The van der Waals surface area contributed by atoms with Gasteiger partial charge in [0.05, 0.1) is 0 Å². The fourth-order valence-corrected chi connectivity index (χ4v) is 8.91. The number of unbranched alkanes of at least 4 members (excludes halogenated alkanes) is 27. The Balaban J connectivity index is 4.16. The number of esters is 3. The molecule has 6 heteroatoms. The highest BCUT2D eigenvalue weighted by Crippen LogP contribution is 2.16. The zero-order chi connectivity index (χ0) is 56.4. The summed E-state index contributed by atoms with van der Waals surface area (Å²) in [6, 6.07) is 0. The van der Waals surface area contributed by atoms with Gasteiger partial charge in [-0.15, -0.1) is 0 Å². The van der Waals surface area contributed by atoms with Crippen molar-refractivity contribution in [2.75, 3.05) is 13.2 Å². The summed E-state index contributed by atoms with van der Waals surface area (Å²) in [6.45, 7) is 6.38. The third-order valence-electron chi connectivity index (χ3n) is 13.7. The molecule has 0 bridgehead atoms. The second-order valence-electron chi connectivity index (χ2n) is 21.3. The average Bonchev–Trinajstić information content (AvgIpc) is 3.44. The first kappa shape index (κ1) is 73.8. The van der Waals surface area contributed by atoms with Crippen LogP contribution in [0.25, 0.3) is 0 Å². The maximum Gasteiger partial charge on any atom is 0.306 e. The molecule has 0 N–H and O–H groups in total. The molecule has 0 aromatic heterocycles. The van der Waals surface area contributed by atoms with Gasteiger partial charge < -0.3 is 14.2 Å². The van der Waals surface area contributed by atoms with Gasteiger partial charge in [-0.1, -0.05) is 290 Å². The Bertz CT molecular complexity index is 1620. The Morgan fingerprint density at radius 2 is 0.500 bits per heavy atom. The Morgan fingerprint density at radius 1 is 0.269 bits per heavy atom. The van der Waals surface area contributed by atoms with E-state index in [1.165, 1.54) is 116 Å². The largest absolute Gasteiger partial charge is 0.462 e. The molecule has 0 rings (SSSR count). The van der Waals surface area contributed by atoms with Crippen molar-refractivity contribution in [2.24, 2.45) is 0 Å². The van der Waals surface area contributed by atoms with Crippen molar-refractivity contribution in [1.29, 1.82) is 0 Å². The van der Waals surface area contributed by atoms with Crippen molar-refractivity contribution < 1.29 is 28.6 Å². The van der Waals surface area contributed by atoms with Gasteiger partial charge in [0.25, 0.3) is 0 Å². The summed E-state index contributed by atoms with van der Waals surface area (Å²) in [6.07, 6.45) is 90.9. The van der Waals surface area contributed by atoms with Crippen LogP contribution < -0.4 is 0 Å². The van der Waals surface area contributed by atoms with Crippen LogP contribution in [0.5, 0.6) is 0 Å². The van der Waals surface area contributed by atoms with Crippen LogP contribution in [0.4, 0.5) is 0 Å². The van der Waals surface area contributed by atoms with Gasteiger partial charge in [-0.05, 0) is 109 Å². The first-order valence-electron chi connectivity index (χ1n) is 32.5. The molecule has 0 aliphatic heterocycles. The highest BCUT2D eigenvalue weighted by molar-refractivity contribution is 5.71. The van der Waals surface area contributed by atoms with Gasteiger partial charge in [0.1, 0.15) is 13.2 Å². The number of ether oxygens (including phenoxy) is 3. The minimum absolute atomic E-state index is 0.0852. The third kappa shape index (κ3) is 62.7. The lowest BCUT2D eigenvalue weighted by Crippen LogP contribution is -2.30. The highest BCUT2D eigenvalue weighted by Gasteiger charge is 2.19. The van der Waals surface area contributed by atoms with Gasteiger partial charge >= 0.3 is 17.9 Å². The van der Waals surface area contributed by atoms with E-state index in [-0.39, 0.29) is 31.1 Å². The van der Waals surface area contributed by atoms with E-state index in [0.717, 1.165) is 141 Å². The SMILES string of the molecule is CC/C=C\C/C=C\C/C=C\C/C=C\C/C=C\CCCCCCCCCCCCCCCCCC(=O)OCC(COC(=O)CCCCCCCCCC)OC(=O)CCCCCCC/C=C\C/C=C\C/C=C\C/C=C\C/C=C\CC. The molecule has 0 saturated heterocycles. The fraction of sp³-hybridized carbons (Fsp3) is 0.681. The lowest BCUT2D eigenvalue weighted by Gasteiger charge is -2.18. The van der Waals surface area contributed by atoms with Crippen LogP contribution in [0.15, 0.2) is 122 Å². The van der Waals surface area contributed by atoms with Gasteiger partial charge in [0.15, 0.2) is 6.10 Å². The molecule has 1 unspecified atom stereocenters. The summed E-state index contributed by atoms with van der Waals surface area (Å²) in [5.41, 5.74) is 0. The minimum Gasteiger partial charge on any atom is -0.462 e. The van der Waals surface area contributed by atoms with Crippen molar-refractivity contribution in [1.82, 2.24) is 0 Å². The molecular weight excluding hydrogens is 961 g/mol. The monoisotopic (exact) mass is 1080 g/mol. The van der Waals surface area contributed by atoms with Crippen LogP contribution in [0.2, 0.25) is 0 Å². The van der Waals surface area contributed by atoms with E-state index in [2.05, 4.69) is 142 Å². The van der Waals surface area contributed by atoms with Crippen LogP contribution >= 0.6 is 0 Å². The summed E-state index contributed by atoms with van der Waals surface area (Å²) in [4.78, 5) is 38.2. The van der Waals surface area contributed by atoms with Gasteiger partial charge in [0, 0.05) is 19.3 Å². The van der Waals surface area contributed by atoms with E-state index in [1.54, 1.807) is 0 Å². The van der Waals surface area contributed by atoms with Crippen LogP contribution in [0, 0.1) is 0 Å². The van der Waals surface area contributed by atoms with Gasteiger partial charge in [-0.3, -0.25) is 14.4 Å². The standard InChI is InChI=1S/C72H120O6/c1-4-7-10-13-16-19-21-23-25-27-29-31-32-33-34-35-36-37-38-39-40-42-43-45-47-49-51-53-56-59-62-65-71(74)77-68-69(67-76-70(73)64-61-58-55-18-15-12-9-6-3)78-72(75)66-63-60-57-54-52-50-48-46-44-41-30-28-26-24-22-20-17-14-11-8-5-2/h7-8,10-11,16-17,19-20,23-26,29-31,33-34,41,46,48,69H,4-6,9,12-15,18,21-22,27-28,32,35-40,42-45,47,49-68H2,1-3H3/b10-7-,11-8-,19-16-,20-17-,25-23-,26-24-,31-29-,34-33-,41-30-,48-46-. The van der Waals surface area contributed by atoms with Crippen molar-refractivity contribution in [3.8, 4) is 0 Å². The third-order valence-corrected chi connectivity index (χ3v) is 13.7. The van der Waals surface area contributed by atoms with E-state index in [9.17, 15) is 14.4 Å². The molecule has 0 spiro atoms. The maximum atomic E-state index is 12.9. The van der Waals surface area contributed by atoms with Crippen LogP contribution in [-0.2, 0) is 28.6 Å². The quantitative estimate of drug-likeness (QED) is 0.0261. The molecule has 0 radical (unpaired) electrons. The van der Waals surface area contributed by atoms with E-state index >= 15 is 0 Å². The molecule has 0 aliphatic carbocycles. The average molecular weight is 1080 g/mol. The zero-order valence-electron chi connectivity index (χ0n) is 50.9. The van der Waals surface area contributed by atoms with E-state index in [1.807, 2.05) is 0 Å². The molecule has 6 nitrogen and oxygen atoms in total. The summed E-state index contributed by atoms with van der Waals surface area (Å²) in [5, 5.41) is 0. The Kier molecular flexibility index (Phi) is 61.8. The lowest BCUT2D eigenvalue weighted by atomic mass is 10.0. The minimum atomic E-state index is -0.788. The molecule has 0 aliphatic rings. The lowest BCUT2D eigenvalue weighted by molar-refractivity contribution is -0.167. The highest BCUT2D eigenvalue weighted by atomic mass is 16.6. The molecule has 0 aromatic carbocycles. The van der Waals surface area contributed by atoms with E-state index in [4.69, 9.17) is 14.2 Å². The van der Waals surface area contributed by atoms with Crippen LogP contribution in [0.3, 0.4) is 0 Å². The maximum absolute atomic E-state index is 12.9. The summed E-state index contributed by atoms with van der Waals surface area (Å²) in [7, 11) is 0. The van der Waals surface area contributed by atoms with Crippen molar-refractivity contribution in [2.45, 2.75) is 303 Å². The topological polar surface area (TPSA) is 78.9 Å². The second kappa shape index (κ2) is 65.3. The number of carbonyl (C=O) groups excluding carboxylic acids is 3. The number of carbonyl (C=O) groups is 3. The Hall–Kier alpha value is -4.19. The van der Waals surface area contributed by atoms with Crippen LogP contribution in [0.1, 0.15) is 297 Å². The molecule has 0 fully saturated rings. The predicted molar refractivity (Wildman–Crippen MR) is 339 cm³/mol. The molecule has 0 heterocycles. The summed E-state index contributed by atoms with van der Waals surface area (Å²) < 4.78 is 16.9. The number of rotatable bonds is 58. The molecule has 1 atom stereocenters. The van der Waals surface area contributed by atoms with Gasteiger partial charge in [0.2, 0.25) is 0 Å². The van der Waals surface area contributed by atoms with Gasteiger partial charge in [-0.2, -0.15) is 0 Å². The summed E-state index contributed by atoms with van der Waals surface area (Å²) in [5.74, 6) is -0.903. The zero-order valence-corrected chi connectivity index (χ0v) is 50.9. The van der Waals surface area contributed by atoms with Crippen molar-refractivity contribution in [3.05, 3.63) is 122 Å². The van der Waals surface area contributed by atoms with E-state index < -0.39 is 6.10 Å². The normalized spacial score (nSPS) is 12.9. The first-order chi connectivity index (χ1) is 38.5. The Morgan fingerprint density at radius 3 is 0.782 bits per heavy atom. The predicted octanol–water partition coefficient (Wildman–Crippen LogP) is 22.4. The molecule has 444 valence electrons. The molecule has 0 saturated carbocycles. The van der Waals surface area contributed by atoms with Gasteiger partial charge in [-0.25, -0.2) is 0 Å². The fourth-order valence-electron chi connectivity index (χ4n) is 8.91. The van der Waals surface area contributed by atoms with Crippen LogP contribution in [-0.4, -0.2) is 37.2 Å². The smallest absolute Gasteiger partial charge is 0.306 e. The number of hydrogen-bond donors (Lipinski definition) is 0. The second-order valence-corrected chi connectivity index (χ2v) is 21.3. The van der Waals surface area contributed by atoms with Crippen molar-refractivity contribution in [3.63, 3.8) is 0 Å². The van der Waals surface area contributed by atoms with Crippen molar-refractivity contribution >= 4 is 17.9 Å². The molecular formula is C72H120O6. The number of allylic oxidation sites excluding steroid dienone is 20. The molecule has 78 heavy (non-hydrogen) atoms. The summed E-state index contributed by atoms with van der Waals surface area (Å²) >= 11 is 0. The molecule has 0 amide bonds.